The van der Waals surface area contributed by atoms with Crippen LogP contribution in [0, 0.1) is 6.92 Å². The molecule has 0 spiro atoms. The Bertz CT molecular complexity index is 1700. The van der Waals surface area contributed by atoms with Gasteiger partial charge in [0.25, 0.3) is 0 Å². The SMILES string of the molecule is Cc1cc(Nc2ncc(Cl)c(Nc3cn(C)nc3S(=O)(=O)C(C)C)n2)c(OC2CC2)cc1C1CCN(S(C)(=O)=O)CC1. The third-order valence-electron chi connectivity index (χ3n) is 7.48. The van der Waals surface area contributed by atoms with Gasteiger partial charge in [-0.05, 0) is 75.6 Å². The fraction of sp³-hybridized carbons (Fsp3) is 0.519. The lowest BCUT2D eigenvalue weighted by molar-refractivity contribution is 0.301. The van der Waals surface area contributed by atoms with Gasteiger partial charge in [-0.1, -0.05) is 11.6 Å². The van der Waals surface area contributed by atoms with Crippen LogP contribution in [0.5, 0.6) is 5.75 Å². The number of sulfonamides is 1. The second kappa shape index (κ2) is 11.6. The monoisotopic (exact) mass is 637 g/mol. The molecular weight excluding hydrogens is 602 g/mol. The first-order valence-electron chi connectivity index (χ1n) is 13.8. The molecule has 3 aromatic rings. The maximum absolute atomic E-state index is 12.9. The number of hydrogen-bond donors (Lipinski definition) is 2. The molecule has 0 atom stereocenters. The van der Waals surface area contributed by atoms with Gasteiger partial charge in [0.1, 0.15) is 10.8 Å². The van der Waals surface area contributed by atoms with Crippen molar-refractivity contribution >= 4 is 54.6 Å². The predicted molar refractivity (Wildman–Crippen MR) is 162 cm³/mol. The number of ether oxygens (including phenoxy) is 1. The average Bonchev–Trinajstić information content (AvgIpc) is 3.66. The van der Waals surface area contributed by atoms with Gasteiger partial charge in [-0.25, -0.2) is 26.1 Å². The van der Waals surface area contributed by atoms with E-state index >= 15 is 0 Å². The molecule has 2 aliphatic rings. The van der Waals surface area contributed by atoms with Crippen LogP contribution in [0.4, 0.5) is 23.1 Å². The summed E-state index contributed by atoms with van der Waals surface area (Å²) in [6.45, 7) is 6.21. The Morgan fingerprint density at radius 2 is 1.74 bits per heavy atom. The van der Waals surface area contributed by atoms with Crippen molar-refractivity contribution in [1.29, 1.82) is 0 Å². The van der Waals surface area contributed by atoms with E-state index in [2.05, 4.69) is 25.7 Å². The molecular formula is C27H36ClN7O5S2. The van der Waals surface area contributed by atoms with E-state index in [0.29, 0.717) is 24.5 Å². The number of aromatic nitrogens is 4. The van der Waals surface area contributed by atoms with Crippen LogP contribution in [0.1, 0.15) is 56.6 Å². The van der Waals surface area contributed by atoms with Crippen LogP contribution < -0.4 is 15.4 Å². The third-order valence-corrected chi connectivity index (χ3v) is 11.1. The molecule has 1 saturated heterocycles. The number of hydrogen-bond acceptors (Lipinski definition) is 10. The van der Waals surface area contributed by atoms with Crippen molar-refractivity contribution in [3.05, 3.63) is 40.7 Å². The molecule has 3 heterocycles. The summed E-state index contributed by atoms with van der Waals surface area (Å²) in [5, 5.41) is 9.89. The zero-order valence-electron chi connectivity index (χ0n) is 24.3. The Morgan fingerprint density at radius 1 is 1.05 bits per heavy atom. The number of nitrogens with one attached hydrogen (secondary N) is 2. The number of halogens is 1. The van der Waals surface area contributed by atoms with E-state index in [4.69, 9.17) is 16.3 Å². The number of benzene rings is 1. The zero-order valence-corrected chi connectivity index (χ0v) is 26.6. The molecule has 5 rings (SSSR count). The summed E-state index contributed by atoms with van der Waals surface area (Å²) < 4.78 is 58.9. The van der Waals surface area contributed by atoms with Gasteiger partial charge in [0.05, 0.1) is 35.2 Å². The van der Waals surface area contributed by atoms with Crippen LogP contribution in [0.2, 0.25) is 5.02 Å². The van der Waals surface area contributed by atoms with Gasteiger partial charge in [0.15, 0.2) is 5.82 Å². The molecule has 2 fully saturated rings. The predicted octanol–water partition coefficient (Wildman–Crippen LogP) is 4.52. The molecule has 2 N–H and O–H groups in total. The second-order valence-electron chi connectivity index (χ2n) is 11.2. The minimum Gasteiger partial charge on any atom is -0.488 e. The third kappa shape index (κ3) is 6.66. The first-order valence-corrected chi connectivity index (χ1v) is 17.6. The molecule has 2 aromatic heterocycles. The van der Waals surface area contributed by atoms with Crippen molar-refractivity contribution in [3.8, 4) is 5.75 Å². The van der Waals surface area contributed by atoms with Crippen molar-refractivity contribution in [2.24, 2.45) is 7.05 Å². The maximum atomic E-state index is 12.9. The van der Waals surface area contributed by atoms with Crippen LogP contribution in [0.15, 0.2) is 29.6 Å². The Kier molecular flexibility index (Phi) is 8.45. The number of piperidine rings is 1. The number of anilines is 4. The number of rotatable bonds is 10. The van der Waals surface area contributed by atoms with Crippen LogP contribution >= 0.6 is 11.6 Å². The summed E-state index contributed by atoms with van der Waals surface area (Å²) in [7, 11) is -5.23. The largest absolute Gasteiger partial charge is 0.488 e. The molecule has 0 unspecified atom stereocenters. The van der Waals surface area contributed by atoms with E-state index in [-0.39, 0.29) is 39.5 Å². The molecule has 228 valence electrons. The quantitative estimate of drug-likeness (QED) is 0.325. The Morgan fingerprint density at radius 3 is 2.36 bits per heavy atom. The zero-order chi connectivity index (χ0) is 30.4. The molecule has 0 amide bonds. The van der Waals surface area contributed by atoms with Crippen LogP contribution in [0.25, 0.3) is 0 Å². The highest BCUT2D eigenvalue weighted by molar-refractivity contribution is 7.92. The van der Waals surface area contributed by atoms with Gasteiger partial charge < -0.3 is 15.4 Å². The van der Waals surface area contributed by atoms with E-state index in [9.17, 15) is 16.8 Å². The smallest absolute Gasteiger partial charge is 0.229 e. The fourth-order valence-electron chi connectivity index (χ4n) is 4.95. The van der Waals surface area contributed by atoms with Crippen LogP contribution in [-0.4, -0.2) is 71.6 Å². The number of aryl methyl sites for hydroxylation is 2. The van der Waals surface area contributed by atoms with Crippen molar-refractivity contribution in [1.82, 2.24) is 24.1 Å². The molecule has 0 radical (unpaired) electrons. The van der Waals surface area contributed by atoms with Crippen molar-refractivity contribution < 1.29 is 21.6 Å². The minimum absolute atomic E-state index is 0.0853. The van der Waals surface area contributed by atoms with Gasteiger partial charge in [-0.3, -0.25) is 4.68 Å². The van der Waals surface area contributed by atoms with E-state index in [1.165, 1.54) is 21.4 Å². The van der Waals surface area contributed by atoms with E-state index in [0.717, 1.165) is 36.8 Å². The summed E-state index contributed by atoms with van der Waals surface area (Å²) in [6, 6.07) is 4.04. The first-order chi connectivity index (χ1) is 19.7. The first kappa shape index (κ1) is 30.5. The summed E-state index contributed by atoms with van der Waals surface area (Å²) >= 11 is 6.41. The van der Waals surface area contributed by atoms with Crippen molar-refractivity contribution in [2.45, 2.75) is 68.8 Å². The summed E-state index contributed by atoms with van der Waals surface area (Å²) in [5.74, 6) is 1.36. The maximum Gasteiger partial charge on any atom is 0.229 e. The molecule has 1 aliphatic heterocycles. The van der Waals surface area contributed by atoms with Crippen molar-refractivity contribution in [2.75, 3.05) is 30.0 Å². The Labute approximate surface area is 251 Å². The topological polar surface area (TPSA) is 148 Å². The Hall–Kier alpha value is -2.94. The molecule has 15 heteroatoms. The summed E-state index contributed by atoms with van der Waals surface area (Å²) in [4.78, 5) is 8.87. The molecule has 12 nitrogen and oxygen atoms in total. The van der Waals surface area contributed by atoms with E-state index in [1.807, 2.05) is 19.1 Å². The highest BCUT2D eigenvalue weighted by Gasteiger charge is 2.30. The lowest BCUT2D eigenvalue weighted by Crippen LogP contribution is -2.37. The second-order valence-corrected chi connectivity index (χ2v) is 16.0. The molecule has 1 aliphatic carbocycles. The normalized spacial score (nSPS) is 17.0. The molecule has 42 heavy (non-hydrogen) atoms. The standard InChI is InChI=1S/C27H36ClN7O5S2/c1-16(2)42(38,39)26-23(15-34(4)33-26)30-25-21(28)14-29-27(32-25)31-22-12-17(3)20(13-24(22)40-19-6-7-19)18-8-10-35(11-9-18)41(5,36)37/h12-16,18-19H,6-11H2,1-5H3,(H2,29,30,31,32). The van der Waals surface area contributed by atoms with Crippen LogP contribution in [0.3, 0.4) is 0 Å². The Balaban J connectivity index is 1.41. The highest BCUT2D eigenvalue weighted by atomic mass is 35.5. The van der Waals surface area contributed by atoms with E-state index < -0.39 is 25.1 Å². The summed E-state index contributed by atoms with van der Waals surface area (Å²) in [5.41, 5.74) is 3.14. The highest BCUT2D eigenvalue weighted by Crippen LogP contribution is 2.40. The lowest BCUT2D eigenvalue weighted by atomic mass is 9.87. The van der Waals surface area contributed by atoms with Gasteiger partial charge in [0.2, 0.25) is 30.8 Å². The lowest BCUT2D eigenvalue weighted by Gasteiger charge is -2.31. The minimum atomic E-state index is -3.66. The molecule has 0 bridgehead atoms. The average molecular weight is 638 g/mol. The van der Waals surface area contributed by atoms with Gasteiger partial charge >= 0.3 is 0 Å². The summed E-state index contributed by atoms with van der Waals surface area (Å²) in [6.07, 6.45) is 7.83. The van der Waals surface area contributed by atoms with E-state index in [1.54, 1.807) is 27.1 Å². The number of sulfone groups is 1. The number of nitrogens with zero attached hydrogens (tertiary/aromatic N) is 5. The van der Waals surface area contributed by atoms with Crippen molar-refractivity contribution in [3.63, 3.8) is 0 Å². The van der Waals surface area contributed by atoms with Crippen LogP contribution in [-0.2, 0) is 26.9 Å². The fourth-order valence-corrected chi connectivity index (χ4v) is 7.06. The van der Waals surface area contributed by atoms with Gasteiger partial charge in [0, 0.05) is 26.3 Å². The molecule has 1 saturated carbocycles. The van der Waals surface area contributed by atoms with Gasteiger partial charge in [-0.15, -0.1) is 0 Å². The molecule has 1 aromatic carbocycles. The van der Waals surface area contributed by atoms with Gasteiger partial charge in [-0.2, -0.15) is 10.1 Å².